The Labute approximate surface area is 102 Å². The van der Waals surface area contributed by atoms with Gasteiger partial charge in [-0.25, -0.2) is 4.98 Å². The third-order valence-electron chi connectivity index (χ3n) is 2.71. The Hall–Kier alpha value is -1.78. The Morgan fingerprint density at radius 1 is 1.12 bits per heavy atom. The van der Waals surface area contributed by atoms with Crippen molar-refractivity contribution in [3.05, 3.63) is 58.7 Å². The second kappa shape index (κ2) is 4.24. The van der Waals surface area contributed by atoms with Gasteiger partial charge >= 0.3 is 0 Å². The van der Waals surface area contributed by atoms with E-state index in [9.17, 15) is 5.11 Å². The van der Waals surface area contributed by atoms with Gasteiger partial charge in [0.1, 0.15) is 6.10 Å². The largest absolute Gasteiger partial charge is 0.382 e. The smallest absolute Gasteiger partial charge is 0.122 e. The zero-order valence-electron chi connectivity index (χ0n) is 8.95. The van der Waals surface area contributed by atoms with Crippen molar-refractivity contribution in [3.63, 3.8) is 0 Å². The summed E-state index contributed by atoms with van der Waals surface area (Å²) in [5, 5.41) is 13.1. The zero-order chi connectivity index (χ0) is 11.7. The molecule has 1 aromatic carbocycles. The van der Waals surface area contributed by atoms with Crippen LogP contribution in [0.1, 0.15) is 17.4 Å². The van der Waals surface area contributed by atoms with Crippen molar-refractivity contribution in [3.8, 4) is 0 Å². The minimum absolute atomic E-state index is 0.686. The number of pyridine rings is 1. The van der Waals surface area contributed by atoms with Gasteiger partial charge in [-0.3, -0.25) is 4.98 Å². The van der Waals surface area contributed by atoms with E-state index >= 15 is 0 Å². The van der Waals surface area contributed by atoms with Crippen molar-refractivity contribution < 1.29 is 5.11 Å². The summed E-state index contributed by atoms with van der Waals surface area (Å²) in [5.74, 6) is 0. The maximum Gasteiger partial charge on any atom is 0.122 e. The first-order chi connectivity index (χ1) is 8.36. The summed E-state index contributed by atoms with van der Waals surface area (Å²) >= 11 is 1.48. The molecule has 4 heteroatoms. The lowest BCUT2D eigenvalue weighted by Crippen LogP contribution is -2.00. The van der Waals surface area contributed by atoms with E-state index in [0.29, 0.717) is 5.69 Å². The van der Waals surface area contributed by atoms with Crippen LogP contribution in [-0.4, -0.2) is 15.1 Å². The molecule has 0 radical (unpaired) electrons. The van der Waals surface area contributed by atoms with E-state index in [1.54, 1.807) is 11.7 Å². The molecule has 3 rings (SSSR count). The first-order valence-electron chi connectivity index (χ1n) is 5.26. The van der Waals surface area contributed by atoms with Gasteiger partial charge in [0.2, 0.25) is 0 Å². The summed E-state index contributed by atoms with van der Waals surface area (Å²) in [7, 11) is 0. The summed E-state index contributed by atoms with van der Waals surface area (Å²) in [6, 6.07) is 9.59. The second-order valence-electron chi connectivity index (χ2n) is 3.73. The zero-order valence-corrected chi connectivity index (χ0v) is 9.76. The Morgan fingerprint density at radius 3 is 2.88 bits per heavy atom. The molecule has 0 aliphatic rings. The van der Waals surface area contributed by atoms with E-state index < -0.39 is 6.10 Å². The van der Waals surface area contributed by atoms with Gasteiger partial charge in [-0.1, -0.05) is 18.2 Å². The van der Waals surface area contributed by atoms with Gasteiger partial charge in [0.25, 0.3) is 0 Å². The maximum absolute atomic E-state index is 10.3. The van der Waals surface area contributed by atoms with E-state index in [2.05, 4.69) is 9.97 Å². The highest BCUT2D eigenvalue weighted by molar-refractivity contribution is 7.07. The van der Waals surface area contributed by atoms with E-state index in [-0.39, 0.29) is 0 Å². The number of aromatic nitrogens is 2. The topological polar surface area (TPSA) is 46.0 Å². The fraction of sp³-hybridized carbons (Fsp3) is 0.0769. The molecular formula is C13H10N2OS. The highest BCUT2D eigenvalue weighted by Gasteiger charge is 2.14. The minimum Gasteiger partial charge on any atom is -0.382 e. The molecule has 0 bridgehead atoms. The van der Waals surface area contributed by atoms with Crippen LogP contribution >= 0.6 is 11.3 Å². The summed E-state index contributed by atoms with van der Waals surface area (Å²) in [6.45, 7) is 0. The van der Waals surface area contributed by atoms with Crippen molar-refractivity contribution in [2.75, 3.05) is 0 Å². The highest BCUT2D eigenvalue weighted by atomic mass is 32.1. The third-order valence-corrected chi connectivity index (χ3v) is 3.31. The Balaban J connectivity index is 2.17. The molecule has 2 heterocycles. The molecule has 1 unspecified atom stereocenters. The van der Waals surface area contributed by atoms with E-state index in [0.717, 1.165) is 16.5 Å². The molecule has 1 N–H and O–H groups in total. The molecule has 0 saturated heterocycles. The molecule has 0 spiro atoms. The first kappa shape index (κ1) is 10.4. The summed E-state index contributed by atoms with van der Waals surface area (Å²) < 4.78 is 0. The van der Waals surface area contributed by atoms with E-state index in [4.69, 9.17) is 0 Å². The Morgan fingerprint density at radius 2 is 2.06 bits per heavy atom. The van der Waals surface area contributed by atoms with Crippen LogP contribution in [0.5, 0.6) is 0 Å². The Bertz CT molecular complexity index is 631. The van der Waals surface area contributed by atoms with Gasteiger partial charge in [0.05, 0.1) is 16.7 Å². The number of nitrogens with zero attached hydrogens (tertiary/aromatic N) is 2. The predicted molar refractivity (Wildman–Crippen MR) is 67.9 cm³/mol. The molecule has 84 valence electrons. The lowest BCUT2D eigenvalue weighted by Gasteiger charge is -2.11. The monoisotopic (exact) mass is 242 g/mol. The third kappa shape index (κ3) is 1.81. The lowest BCUT2D eigenvalue weighted by atomic mass is 10.0. The molecule has 3 nitrogen and oxygen atoms in total. The molecule has 17 heavy (non-hydrogen) atoms. The second-order valence-corrected chi connectivity index (χ2v) is 4.45. The number of thiazole rings is 1. The van der Waals surface area contributed by atoms with Crippen LogP contribution < -0.4 is 0 Å². The number of hydrogen-bond acceptors (Lipinski definition) is 4. The standard InChI is InChI=1S/C13H10N2OS/c16-13(12-7-17-8-15-12)10-3-1-5-11-9(10)4-2-6-14-11/h1-8,13,16H. The van der Waals surface area contributed by atoms with Crippen molar-refractivity contribution in [1.82, 2.24) is 9.97 Å². The van der Waals surface area contributed by atoms with Crippen molar-refractivity contribution in [2.24, 2.45) is 0 Å². The lowest BCUT2D eigenvalue weighted by molar-refractivity contribution is 0.217. The van der Waals surface area contributed by atoms with Gasteiger partial charge in [0.15, 0.2) is 0 Å². The van der Waals surface area contributed by atoms with Crippen LogP contribution in [0.4, 0.5) is 0 Å². The van der Waals surface area contributed by atoms with Gasteiger partial charge in [-0.05, 0) is 17.7 Å². The Kier molecular flexibility index (Phi) is 2.59. The predicted octanol–water partition coefficient (Wildman–Crippen LogP) is 2.77. The van der Waals surface area contributed by atoms with E-state index in [1.807, 2.05) is 35.7 Å². The molecule has 2 aromatic heterocycles. The fourth-order valence-electron chi connectivity index (χ4n) is 1.88. The first-order valence-corrected chi connectivity index (χ1v) is 6.20. The average molecular weight is 242 g/mol. The molecule has 1 atom stereocenters. The molecule has 0 amide bonds. The van der Waals surface area contributed by atoms with Gasteiger partial charge in [-0.15, -0.1) is 11.3 Å². The van der Waals surface area contributed by atoms with Crippen LogP contribution in [-0.2, 0) is 0 Å². The van der Waals surface area contributed by atoms with Crippen LogP contribution in [0.15, 0.2) is 47.4 Å². The maximum atomic E-state index is 10.3. The molecule has 0 saturated carbocycles. The van der Waals surface area contributed by atoms with Crippen LogP contribution in [0, 0.1) is 0 Å². The fourth-order valence-corrected chi connectivity index (χ4v) is 2.45. The normalized spacial score (nSPS) is 12.8. The SMILES string of the molecule is OC(c1cscn1)c1cccc2ncccc12. The quantitative estimate of drug-likeness (QED) is 0.751. The van der Waals surface area contributed by atoms with Gasteiger partial charge < -0.3 is 5.11 Å². The number of aliphatic hydroxyl groups excluding tert-OH is 1. The number of aliphatic hydroxyl groups is 1. The van der Waals surface area contributed by atoms with Crippen LogP contribution in [0.2, 0.25) is 0 Å². The molecular weight excluding hydrogens is 232 g/mol. The van der Waals surface area contributed by atoms with Gasteiger partial charge in [0, 0.05) is 17.0 Å². The van der Waals surface area contributed by atoms with E-state index in [1.165, 1.54) is 11.3 Å². The molecule has 0 aliphatic carbocycles. The summed E-state index contributed by atoms with van der Waals surface area (Å²) in [4.78, 5) is 8.42. The van der Waals surface area contributed by atoms with Crippen molar-refractivity contribution in [2.45, 2.75) is 6.10 Å². The number of rotatable bonds is 2. The molecule has 0 fully saturated rings. The van der Waals surface area contributed by atoms with Gasteiger partial charge in [-0.2, -0.15) is 0 Å². The van der Waals surface area contributed by atoms with Crippen molar-refractivity contribution in [1.29, 1.82) is 0 Å². The summed E-state index contributed by atoms with van der Waals surface area (Å²) in [5.41, 5.74) is 4.15. The summed E-state index contributed by atoms with van der Waals surface area (Å²) in [6.07, 6.45) is 1.07. The number of fused-ring (bicyclic) bond motifs is 1. The highest BCUT2D eigenvalue weighted by Crippen LogP contribution is 2.27. The van der Waals surface area contributed by atoms with Crippen LogP contribution in [0.3, 0.4) is 0 Å². The van der Waals surface area contributed by atoms with Crippen LogP contribution in [0.25, 0.3) is 10.9 Å². The number of benzene rings is 1. The van der Waals surface area contributed by atoms with Crippen molar-refractivity contribution >= 4 is 22.2 Å². The molecule has 3 aromatic rings. The number of hydrogen-bond donors (Lipinski definition) is 1. The average Bonchev–Trinajstić information content (AvgIpc) is 2.91. The minimum atomic E-state index is -0.686. The molecule has 0 aliphatic heterocycles.